The molecule has 1 aliphatic rings. The summed E-state index contributed by atoms with van der Waals surface area (Å²) >= 11 is 4.09. The van der Waals surface area contributed by atoms with Crippen LogP contribution in [0.5, 0.6) is 0 Å². The van der Waals surface area contributed by atoms with Gasteiger partial charge in [-0.2, -0.15) is 12.6 Å². The molecule has 1 amide bonds. The first-order valence-electron chi connectivity index (χ1n) is 7.94. The average molecular weight is 344 g/mol. The minimum absolute atomic E-state index is 0.0506. The zero-order valence-corrected chi connectivity index (χ0v) is 15.4. The number of piperazine rings is 1. The van der Waals surface area contributed by atoms with Crippen LogP contribution in [0.1, 0.15) is 34.1 Å². The zero-order valence-electron chi connectivity index (χ0n) is 14.5. The van der Waals surface area contributed by atoms with Gasteiger partial charge in [-0.15, -0.1) is 0 Å². The lowest BCUT2D eigenvalue weighted by Gasteiger charge is -2.41. The molecule has 0 aromatic carbocycles. The van der Waals surface area contributed by atoms with Crippen molar-refractivity contribution in [2.24, 2.45) is 5.41 Å². The van der Waals surface area contributed by atoms with Gasteiger partial charge in [0.1, 0.15) is 6.61 Å². The smallest absolute Gasteiger partial charge is 0.302 e. The first kappa shape index (κ1) is 20.0. The van der Waals surface area contributed by atoms with Gasteiger partial charge in [0.05, 0.1) is 12.6 Å². The van der Waals surface area contributed by atoms with Crippen molar-refractivity contribution in [2.45, 2.75) is 40.2 Å². The van der Waals surface area contributed by atoms with E-state index in [0.29, 0.717) is 38.4 Å². The number of Topliss-reactive ketones (excluding diaryl/α,β-unsaturated/α-hetero) is 1. The first-order valence-corrected chi connectivity index (χ1v) is 8.57. The van der Waals surface area contributed by atoms with Crippen LogP contribution in [0, 0.1) is 5.41 Å². The maximum absolute atomic E-state index is 12.3. The van der Waals surface area contributed by atoms with Gasteiger partial charge in [-0.05, 0) is 5.75 Å². The largest absolute Gasteiger partial charge is 0.464 e. The van der Waals surface area contributed by atoms with Gasteiger partial charge in [-0.1, -0.05) is 20.8 Å². The summed E-state index contributed by atoms with van der Waals surface area (Å²) in [6.45, 7) is 9.19. The Morgan fingerprint density at radius 2 is 1.87 bits per heavy atom. The van der Waals surface area contributed by atoms with Crippen LogP contribution in [0.3, 0.4) is 0 Å². The van der Waals surface area contributed by atoms with E-state index in [-0.39, 0.29) is 30.3 Å². The lowest BCUT2D eigenvalue weighted by Crippen LogP contribution is -2.58. The molecule has 1 heterocycles. The molecule has 0 saturated carbocycles. The van der Waals surface area contributed by atoms with Crippen LogP contribution in [-0.4, -0.2) is 72.0 Å². The number of rotatable bonds is 6. The van der Waals surface area contributed by atoms with Gasteiger partial charge in [-0.3, -0.25) is 19.3 Å². The van der Waals surface area contributed by atoms with E-state index in [0.717, 1.165) is 0 Å². The molecule has 1 atom stereocenters. The van der Waals surface area contributed by atoms with Crippen LogP contribution in [0.2, 0.25) is 0 Å². The Morgan fingerprint density at radius 1 is 1.22 bits per heavy atom. The molecule has 0 aliphatic carbocycles. The summed E-state index contributed by atoms with van der Waals surface area (Å²) in [6, 6.07) is -0.150. The summed E-state index contributed by atoms with van der Waals surface area (Å²) in [4.78, 5) is 39.2. The third kappa shape index (κ3) is 6.51. The zero-order chi connectivity index (χ0) is 17.6. The number of carbonyl (C=O) groups is 3. The normalized spacial score (nSPS) is 19.5. The van der Waals surface area contributed by atoms with Gasteiger partial charge in [0.2, 0.25) is 5.91 Å². The molecule has 1 rings (SSSR count). The molecule has 1 fully saturated rings. The second-order valence-corrected chi connectivity index (χ2v) is 7.36. The quantitative estimate of drug-likeness (QED) is 0.575. The minimum atomic E-state index is -0.412. The van der Waals surface area contributed by atoms with Gasteiger partial charge in [0.15, 0.2) is 5.78 Å². The van der Waals surface area contributed by atoms with E-state index in [1.54, 1.807) is 4.90 Å². The Labute approximate surface area is 143 Å². The standard InChI is InChI=1S/C16H28N2O4S/c1-12(19)22-11-13-9-18(15(21)5-8-23)7-6-17(13)10-14(20)16(2,3)4/h13,23H,5-11H2,1-4H3. The molecule has 0 N–H and O–H groups in total. The highest BCUT2D eigenvalue weighted by molar-refractivity contribution is 7.80. The van der Waals surface area contributed by atoms with E-state index in [1.807, 2.05) is 25.7 Å². The molecule has 1 saturated heterocycles. The maximum atomic E-state index is 12.3. The fraction of sp³-hybridized carbons (Fsp3) is 0.812. The van der Waals surface area contributed by atoms with Crippen LogP contribution in [0.4, 0.5) is 0 Å². The predicted octanol–water partition coefficient (Wildman–Crippen LogP) is 0.997. The monoisotopic (exact) mass is 344 g/mol. The molecule has 1 aliphatic heterocycles. The van der Waals surface area contributed by atoms with Crippen molar-refractivity contribution >= 4 is 30.3 Å². The predicted molar refractivity (Wildman–Crippen MR) is 91.5 cm³/mol. The first-order chi connectivity index (χ1) is 10.6. The van der Waals surface area contributed by atoms with Crippen molar-refractivity contribution < 1.29 is 19.1 Å². The highest BCUT2D eigenvalue weighted by Gasteiger charge is 2.33. The van der Waals surface area contributed by atoms with Gasteiger partial charge in [-0.25, -0.2) is 0 Å². The van der Waals surface area contributed by atoms with Crippen molar-refractivity contribution in [2.75, 3.05) is 38.5 Å². The fourth-order valence-electron chi connectivity index (χ4n) is 2.37. The summed E-state index contributed by atoms with van der Waals surface area (Å²) in [5.74, 6) is 0.344. The molecule has 0 aromatic rings. The van der Waals surface area contributed by atoms with E-state index in [1.165, 1.54) is 6.92 Å². The van der Waals surface area contributed by atoms with Crippen LogP contribution in [0.25, 0.3) is 0 Å². The van der Waals surface area contributed by atoms with E-state index < -0.39 is 5.41 Å². The van der Waals surface area contributed by atoms with Crippen molar-refractivity contribution in [1.82, 2.24) is 9.80 Å². The SMILES string of the molecule is CC(=O)OCC1CN(C(=O)CCS)CCN1CC(=O)C(C)(C)C. The molecule has 1 unspecified atom stereocenters. The van der Waals surface area contributed by atoms with Crippen LogP contribution in [-0.2, 0) is 19.1 Å². The van der Waals surface area contributed by atoms with Crippen molar-refractivity contribution in [1.29, 1.82) is 0 Å². The molecular weight excluding hydrogens is 316 g/mol. The van der Waals surface area contributed by atoms with E-state index in [4.69, 9.17) is 4.74 Å². The maximum Gasteiger partial charge on any atom is 0.302 e. The summed E-state index contributed by atoms with van der Waals surface area (Å²) < 4.78 is 5.12. The Kier molecular flexibility index (Phi) is 7.54. The summed E-state index contributed by atoms with van der Waals surface area (Å²) in [6.07, 6.45) is 0.393. The number of thiol groups is 1. The number of amides is 1. The number of nitrogens with zero attached hydrogens (tertiary/aromatic N) is 2. The number of hydrogen-bond acceptors (Lipinski definition) is 6. The molecule has 0 bridgehead atoms. The lowest BCUT2D eigenvalue weighted by atomic mass is 9.90. The van der Waals surface area contributed by atoms with Gasteiger partial charge < -0.3 is 9.64 Å². The second kappa shape index (κ2) is 8.68. The Balaban J connectivity index is 2.74. The molecule has 0 radical (unpaired) electrons. The summed E-state index contributed by atoms with van der Waals surface area (Å²) in [5.41, 5.74) is -0.412. The third-order valence-electron chi connectivity index (χ3n) is 3.95. The highest BCUT2D eigenvalue weighted by Crippen LogP contribution is 2.18. The minimum Gasteiger partial charge on any atom is -0.464 e. The number of ether oxygens (including phenoxy) is 1. The average Bonchev–Trinajstić information content (AvgIpc) is 2.45. The summed E-state index contributed by atoms with van der Waals surface area (Å²) in [7, 11) is 0. The van der Waals surface area contributed by atoms with Crippen molar-refractivity contribution in [3.8, 4) is 0 Å². The number of hydrogen-bond donors (Lipinski definition) is 1. The van der Waals surface area contributed by atoms with Gasteiger partial charge in [0, 0.05) is 38.4 Å². The van der Waals surface area contributed by atoms with E-state index in [2.05, 4.69) is 12.6 Å². The Bertz CT molecular complexity index is 448. The van der Waals surface area contributed by atoms with E-state index in [9.17, 15) is 14.4 Å². The van der Waals surface area contributed by atoms with Crippen LogP contribution < -0.4 is 0 Å². The molecule has 132 valence electrons. The number of ketones is 1. The van der Waals surface area contributed by atoms with Crippen LogP contribution >= 0.6 is 12.6 Å². The van der Waals surface area contributed by atoms with Crippen molar-refractivity contribution in [3.05, 3.63) is 0 Å². The lowest BCUT2D eigenvalue weighted by molar-refractivity contribution is -0.145. The number of carbonyl (C=O) groups excluding carboxylic acids is 3. The molecule has 6 nitrogen and oxygen atoms in total. The molecule has 7 heteroatoms. The second-order valence-electron chi connectivity index (χ2n) is 6.91. The van der Waals surface area contributed by atoms with Crippen molar-refractivity contribution in [3.63, 3.8) is 0 Å². The third-order valence-corrected chi connectivity index (χ3v) is 4.17. The van der Waals surface area contributed by atoms with Gasteiger partial charge >= 0.3 is 5.97 Å². The van der Waals surface area contributed by atoms with E-state index >= 15 is 0 Å². The Morgan fingerprint density at radius 3 is 2.39 bits per heavy atom. The summed E-state index contributed by atoms with van der Waals surface area (Å²) in [5, 5.41) is 0. The molecule has 23 heavy (non-hydrogen) atoms. The number of esters is 1. The van der Waals surface area contributed by atoms with Crippen LogP contribution in [0.15, 0.2) is 0 Å². The highest BCUT2D eigenvalue weighted by atomic mass is 32.1. The molecule has 0 spiro atoms. The topological polar surface area (TPSA) is 66.9 Å². The molecular formula is C16H28N2O4S. The van der Waals surface area contributed by atoms with Gasteiger partial charge in [0.25, 0.3) is 0 Å². The Hall–Kier alpha value is -1.08. The molecule has 0 aromatic heterocycles. The fourth-order valence-corrected chi connectivity index (χ4v) is 2.57.